The van der Waals surface area contributed by atoms with Crippen molar-refractivity contribution in [3.8, 4) is 0 Å². The van der Waals surface area contributed by atoms with E-state index in [-0.39, 0.29) is 36.4 Å². The fourth-order valence-electron chi connectivity index (χ4n) is 5.50. The summed E-state index contributed by atoms with van der Waals surface area (Å²) < 4.78 is 21.4. The Balaban J connectivity index is 1.29. The number of carbonyl (C=O) groups excluding carboxylic acids is 3. The number of ether oxygens (including phenoxy) is 1. The fourth-order valence-corrected chi connectivity index (χ4v) is 7.62. The first kappa shape index (κ1) is 29.2. The van der Waals surface area contributed by atoms with Crippen LogP contribution in [0.2, 0.25) is 0 Å². The highest BCUT2D eigenvalue weighted by Crippen LogP contribution is 2.39. The number of halogens is 1. The molecule has 3 aromatic rings. The molecule has 0 bridgehead atoms. The molecule has 2 N–H and O–H groups in total. The summed E-state index contributed by atoms with van der Waals surface area (Å²) in [5.41, 5.74) is 1.46. The van der Waals surface area contributed by atoms with Gasteiger partial charge in [-0.2, -0.15) is 0 Å². The van der Waals surface area contributed by atoms with Crippen molar-refractivity contribution in [3.05, 3.63) is 57.5 Å². The largest absolute Gasteiger partial charge is 0.462 e. The van der Waals surface area contributed by atoms with E-state index in [9.17, 15) is 18.8 Å². The molecule has 9 nitrogen and oxygen atoms in total. The number of carbonyl (C=O) groups is 3. The number of thioether (sulfide) groups is 1. The summed E-state index contributed by atoms with van der Waals surface area (Å²) >= 11 is 2.74. The van der Waals surface area contributed by atoms with E-state index < -0.39 is 17.7 Å². The average Bonchev–Trinajstić information content (AvgIpc) is 3.56. The van der Waals surface area contributed by atoms with E-state index in [1.165, 1.54) is 41.3 Å². The minimum atomic E-state index is -0.585. The van der Waals surface area contributed by atoms with E-state index in [1.54, 1.807) is 13.0 Å². The molecule has 1 saturated carbocycles. The summed E-state index contributed by atoms with van der Waals surface area (Å²) in [6.45, 7) is 2.13. The Morgan fingerprint density at radius 2 is 1.88 bits per heavy atom. The Hall–Kier alpha value is -3.25. The molecular formula is C29H34FN5O4S2. The normalized spacial score (nSPS) is 15.3. The Kier molecular flexibility index (Phi) is 9.71. The molecule has 5 rings (SSSR count). The number of hydrogen-bond donors (Lipinski definition) is 2. The molecule has 0 unspecified atom stereocenters. The Bertz CT molecular complexity index is 1420. The van der Waals surface area contributed by atoms with Gasteiger partial charge in [0.1, 0.15) is 10.8 Å². The van der Waals surface area contributed by atoms with Gasteiger partial charge in [0.25, 0.3) is 5.91 Å². The molecule has 0 aliphatic heterocycles. The van der Waals surface area contributed by atoms with Gasteiger partial charge in [-0.3, -0.25) is 9.59 Å². The van der Waals surface area contributed by atoms with Crippen LogP contribution in [0.3, 0.4) is 0 Å². The van der Waals surface area contributed by atoms with Crippen molar-refractivity contribution in [2.75, 3.05) is 17.7 Å². The number of rotatable bonds is 10. The van der Waals surface area contributed by atoms with Crippen LogP contribution >= 0.6 is 23.1 Å². The first-order valence-electron chi connectivity index (χ1n) is 14.2. The molecule has 0 radical (unpaired) electrons. The predicted octanol–water partition coefficient (Wildman–Crippen LogP) is 5.70. The van der Waals surface area contributed by atoms with Crippen molar-refractivity contribution in [3.63, 3.8) is 0 Å². The molecular weight excluding hydrogens is 565 g/mol. The second-order valence-corrected chi connectivity index (χ2v) is 12.2. The molecule has 2 aliphatic rings. The zero-order valence-electron chi connectivity index (χ0n) is 23.0. The summed E-state index contributed by atoms with van der Waals surface area (Å²) in [5, 5.41) is 15.6. The minimum absolute atomic E-state index is 0.0278. The molecule has 2 heterocycles. The molecule has 0 spiro atoms. The lowest BCUT2D eigenvalue weighted by molar-refractivity contribution is -0.113. The van der Waals surface area contributed by atoms with Crippen LogP contribution in [-0.2, 0) is 28.9 Å². The van der Waals surface area contributed by atoms with E-state index >= 15 is 0 Å². The maximum atomic E-state index is 14.1. The van der Waals surface area contributed by atoms with Gasteiger partial charge in [-0.05, 0) is 63.1 Å². The number of aromatic nitrogens is 3. The van der Waals surface area contributed by atoms with Crippen LogP contribution in [-0.4, -0.2) is 44.9 Å². The molecule has 2 aromatic heterocycles. The number of aryl methyl sites for hydroxylation is 1. The molecule has 1 aromatic carbocycles. The highest BCUT2D eigenvalue weighted by molar-refractivity contribution is 7.99. The summed E-state index contributed by atoms with van der Waals surface area (Å²) in [6.07, 6.45) is 9.02. The third-order valence-corrected chi connectivity index (χ3v) is 9.59. The lowest BCUT2D eigenvalue weighted by atomic mass is 9.95. The van der Waals surface area contributed by atoms with Gasteiger partial charge in [-0.25, -0.2) is 9.18 Å². The summed E-state index contributed by atoms with van der Waals surface area (Å²) in [4.78, 5) is 39.6. The van der Waals surface area contributed by atoms with Gasteiger partial charge in [0.05, 0.1) is 30.0 Å². The van der Waals surface area contributed by atoms with Gasteiger partial charge in [0.2, 0.25) is 5.91 Å². The number of nitrogens with one attached hydrogen (secondary N) is 2. The molecule has 41 heavy (non-hydrogen) atoms. The minimum Gasteiger partial charge on any atom is -0.462 e. The maximum Gasteiger partial charge on any atom is 0.341 e. The smallest absolute Gasteiger partial charge is 0.341 e. The predicted molar refractivity (Wildman–Crippen MR) is 156 cm³/mol. The van der Waals surface area contributed by atoms with Gasteiger partial charge in [-0.15, -0.1) is 21.5 Å². The van der Waals surface area contributed by atoms with Gasteiger partial charge in [-0.1, -0.05) is 43.2 Å². The van der Waals surface area contributed by atoms with Gasteiger partial charge < -0.3 is 19.9 Å². The summed E-state index contributed by atoms with van der Waals surface area (Å²) in [6, 6.07) is 6.00. The second-order valence-electron chi connectivity index (χ2n) is 10.2. The number of benzene rings is 1. The Labute approximate surface area is 246 Å². The quantitative estimate of drug-likeness (QED) is 0.227. The molecule has 0 atom stereocenters. The zero-order chi connectivity index (χ0) is 28.8. The van der Waals surface area contributed by atoms with Crippen LogP contribution in [0.4, 0.5) is 9.39 Å². The van der Waals surface area contributed by atoms with Crippen LogP contribution in [0.5, 0.6) is 0 Å². The van der Waals surface area contributed by atoms with Crippen molar-refractivity contribution in [1.82, 2.24) is 20.1 Å². The van der Waals surface area contributed by atoms with Gasteiger partial charge >= 0.3 is 5.97 Å². The number of anilines is 1. The Morgan fingerprint density at radius 3 is 2.66 bits per heavy atom. The summed E-state index contributed by atoms with van der Waals surface area (Å²) in [5.74, 6) is -1.09. The van der Waals surface area contributed by atoms with Crippen molar-refractivity contribution in [1.29, 1.82) is 0 Å². The van der Waals surface area contributed by atoms with Gasteiger partial charge in [0, 0.05) is 10.9 Å². The zero-order valence-corrected chi connectivity index (χ0v) is 24.7. The third kappa shape index (κ3) is 6.81. The van der Waals surface area contributed by atoms with E-state index in [4.69, 9.17) is 4.74 Å². The standard InChI is InChI=1S/C29H34FN5O4S2/c1-2-39-28(38)25-20-13-7-9-15-22(20)41-27(25)32-24(36)17-40-29-34-33-23(35(29)18-10-4-3-5-11-18)16-31-26(37)19-12-6-8-14-21(19)30/h6,8,12,14,18H,2-5,7,9-11,13,15-17H2,1H3,(H,31,37)(H,32,36). The molecule has 1 fully saturated rings. The van der Waals surface area contributed by atoms with Crippen molar-refractivity contribution in [2.24, 2.45) is 0 Å². The van der Waals surface area contributed by atoms with Crippen LogP contribution in [0.1, 0.15) is 94.9 Å². The maximum absolute atomic E-state index is 14.1. The molecule has 2 aliphatic carbocycles. The van der Waals surface area contributed by atoms with Crippen molar-refractivity contribution < 1.29 is 23.5 Å². The van der Waals surface area contributed by atoms with Crippen LogP contribution < -0.4 is 10.6 Å². The number of thiophene rings is 1. The van der Waals surface area contributed by atoms with E-state index in [0.717, 1.165) is 68.2 Å². The molecule has 218 valence electrons. The lowest BCUT2D eigenvalue weighted by Crippen LogP contribution is -2.27. The number of amides is 2. The molecule has 12 heteroatoms. The fraction of sp³-hybridized carbons (Fsp3) is 0.483. The topological polar surface area (TPSA) is 115 Å². The first-order chi connectivity index (χ1) is 20.0. The van der Waals surface area contributed by atoms with E-state index in [2.05, 4.69) is 20.8 Å². The SMILES string of the molecule is CCOC(=O)c1c(NC(=O)CSc2nnc(CNC(=O)c3ccccc3F)n2C2CCCCC2)sc2c1CCCC2. The van der Waals surface area contributed by atoms with Crippen LogP contribution in [0, 0.1) is 5.82 Å². The number of esters is 1. The summed E-state index contributed by atoms with van der Waals surface area (Å²) in [7, 11) is 0. The first-order valence-corrected chi connectivity index (χ1v) is 16.0. The number of hydrogen-bond acceptors (Lipinski definition) is 8. The monoisotopic (exact) mass is 599 g/mol. The molecule has 2 amide bonds. The van der Waals surface area contributed by atoms with Crippen molar-refractivity contribution in [2.45, 2.75) is 82.5 Å². The average molecular weight is 600 g/mol. The number of nitrogens with zero attached hydrogens (tertiary/aromatic N) is 3. The van der Waals surface area contributed by atoms with Crippen LogP contribution in [0.25, 0.3) is 0 Å². The number of fused-ring (bicyclic) bond motifs is 1. The van der Waals surface area contributed by atoms with E-state index in [0.29, 0.717) is 21.5 Å². The van der Waals surface area contributed by atoms with Crippen molar-refractivity contribution >= 4 is 45.9 Å². The second kappa shape index (κ2) is 13.6. The third-order valence-electron chi connectivity index (χ3n) is 7.44. The molecule has 0 saturated heterocycles. The van der Waals surface area contributed by atoms with E-state index in [1.807, 2.05) is 4.57 Å². The lowest BCUT2D eigenvalue weighted by Gasteiger charge is -2.25. The highest BCUT2D eigenvalue weighted by atomic mass is 32.2. The van der Waals surface area contributed by atoms with Gasteiger partial charge in [0.15, 0.2) is 11.0 Å². The highest BCUT2D eigenvalue weighted by Gasteiger charge is 2.28. The Morgan fingerprint density at radius 1 is 1.10 bits per heavy atom. The van der Waals surface area contributed by atoms with Crippen LogP contribution in [0.15, 0.2) is 29.4 Å².